The number of halogens is 2. The van der Waals surface area contributed by atoms with Crippen molar-refractivity contribution in [2.45, 2.75) is 57.1 Å². The summed E-state index contributed by atoms with van der Waals surface area (Å²) in [6.07, 6.45) is 6.33. The molecule has 7 nitrogen and oxygen atoms in total. The van der Waals surface area contributed by atoms with E-state index in [-0.39, 0.29) is 18.2 Å². The Bertz CT molecular complexity index is 1410. The minimum Gasteiger partial charge on any atom is -0.382 e. The first-order chi connectivity index (χ1) is 16.3. The fourth-order valence-corrected chi connectivity index (χ4v) is 5.88. The molecule has 9 heteroatoms. The number of anilines is 1. The zero-order valence-electron chi connectivity index (χ0n) is 18.9. The summed E-state index contributed by atoms with van der Waals surface area (Å²) in [4.78, 5) is 13.1. The summed E-state index contributed by atoms with van der Waals surface area (Å²) in [6.45, 7) is 3.97. The lowest BCUT2D eigenvalue weighted by Gasteiger charge is -2.24. The van der Waals surface area contributed by atoms with Crippen LogP contribution in [-0.2, 0) is 15.9 Å². The first kappa shape index (κ1) is 22.0. The van der Waals surface area contributed by atoms with Gasteiger partial charge in [-0.1, -0.05) is 35.3 Å². The molecule has 1 aliphatic heterocycles. The van der Waals surface area contributed by atoms with Crippen LogP contribution in [0.3, 0.4) is 0 Å². The average molecular weight is 498 g/mol. The van der Waals surface area contributed by atoms with Crippen molar-refractivity contribution < 1.29 is 9.47 Å². The summed E-state index contributed by atoms with van der Waals surface area (Å²) in [5.41, 5.74) is 8.81. The van der Waals surface area contributed by atoms with Gasteiger partial charge in [0.2, 0.25) is 0 Å². The molecule has 34 heavy (non-hydrogen) atoms. The molecule has 2 fully saturated rings. The molecule has 3 aromatic heterocycles. The number of hydrogen-bond donors (Lipinski definition) is 1. The smallest absolute Gasteiger partial charge is 0.163 e. The van der Waals surface area contributed by atoms with Crippen molar-refractivity contribution in [3.8, 4) is 0 Å². The molecule has 0 amide bonds. The van der Waals surface area contributed by atoms with Gasteiger partial charge in [-0.15, -0.1) is 0 Å². The number of aryl methyl sites for hydroxylation is 1. The van der Waals surface area contributed by atoms with Gasteiger partial charge in [0.15, 0.2) is 5.79 Å². The summed E-state index contributed by atoms with van der Waals surface area (Å²) in [5.74, 6) is 0.0748. The van der Waals surface area contributed by atoms with Crippen molar-refractivity contribution in [1.29, 1.82) is 0 Å². The number of aromatic nitrogens is 4. The third-order valence-electron chi connectivity index (χ3n) is 7.04. The van der Waals surface area contributed by atoms with Crippen LogP contribution < -0.4 is 5.73 Å². The van der Waals surface area contributed by atoms with E-state index in [0.29, 0.717) is 21.9 Å². The summed E-state index contributed by atoms with van der Waals surface area (Å²) in [6, 6.07) is 10.2. The van der Waals surface area contributed by atoms with Crippen LogP contribution in [0.2, 0.25) is 10.2 Å². The standard InChI is InChI=1S/C25H25Cl2N5O2/c1-25(2)33-20-15(6-4-13-3-5-14-10-17(26)23(28)31-18(14)9-13)11-19(21(20)34-25)32-8-7-16-22(27)29-12-30-24(16)32/h3,5,7-10,12,15,19-21H,4,6,11H2,1-2H3,(H2,28,31)/t15-,19+,20+,21-/m0/s1. The Labute approximate surface area is 207 Å². The van der Waals surface area contributed by atoms with Crippen LogP contribution in [0.4, 0.5) is 5.82 Å². The third-order valence-corrected chi connectivity index (χ3v) is 7.64. The van der Waals surface area contributed by atoms with Gasteiger partial charge in [-0.2, -0.15) is 0 Å². The van der Waals surface area contributed by atoms with Crippen LogP contribution in [0.25, 0.3) is 21.9 Å². The molecule has 2 aliphatic rings. The summed E-state index contributed by atoms with van der Waals surface area (Å²) in [7, 11) is 0. The molecule has 0 unspecified atom stereocenters. The van der Waals surface area contributed by atoms with Gasteiger partial charge < -0.3 is 19.8 Å². The van der Waals surface area contributed by atoms with Crippen LogP contribution >= 0.6 is 23.2 Å². The molecule has 2 N–H and O–H groups in total. The van der Waals surface area contributed by atoms with Gasteiger partial charge in [0, 0.05) is 11.6 Å². The van der Waals surface area contributed by atoms with E-state index in [1.807, 2.05) is 32.2 Å². The average Bonchev–Trinajstić information content (AvgIpc) is 3.45. The molecule has 6 rings (SSSR count). The first-order valence-electron chi connectivity index (χ1n) is 11.5. The Morgan fingerprint density at radius 2 is 1.94 bits per heavy atom. The minimum absolute atomic E-state index is 0.0165. The summed E-state index contributed by atoms with van der Waals surface area (Å²) < 4.78 is 15.0. The maximum absolute atomic E-state index is 6.40. The number of nitrogens with two attached hydrogens (primary N) is 1. The normalized spacial score (nSPS) is 25.9. The highest BCUT2D eigenvalue weighted by atomic mass is 35.5. The fraction of sp³-hybridized carbons (Fsp3) is 0.400. The summed E-state index contributed by atoms with van der Waals surface area (Å²) in [5, 5.41) is 2.78. The number of ether oxygens (including phenoxy) is 2. The predicted octanol–water partition coefficient (Wildman–Crippen LogP) is 5.58. The molecule has 4 atom stereocenters. The van der Waals surface area contributed by atoms with Gasteiger partial charge in [-0.05, 0) is 62.8 Å². The topological polar surface area (TPSA) is 88.1 Å². The second-order valence-electron chi connectivity index (χ2n) is 9.67. The molecule has 1 aromatic carbocycles. The number of benzene rings is 1. The maximum atomic E-state index is 6.40. The molecular weight excluding hydrogens is 473 g/mol. The fourth-order valence-electron chi connectivity index (χ4n) is 5.53. The molecule has 1 aliphatic carbocycles. The quantitative estimate of drug-likeness (QED) is 0.370. The van der Waals surface area contributed by atoms with Crippen LogP contribution in [0, 0.1) is 5.92 Å². The van der Waals surface area contributed by atoms with E-state index < -0.39 is 5.79 Å². The van der Waals surface area contributed by atoms with Gasteiger partial charge in [0.05, 0.1) is 28.1 Å². The van der Waals surface area contributed by atoms with Crippen molar-refractivity contribution in [2.75, 3.05) is 5.73 Å². The molecule has 4 aromatic rings. The van der Waals surface area contributed by atoms with Crippen molar-refractivity contribution in [3.05, 3.63) is 58.6 Å². The van der Waals surface area contributed by atoms with E-state index in [1.54, 1.807) is 0 Å². The highest BCUT2D eigenvalue weighted by Crippen LogP contribution is 2.49. The van der Waals surface area contributed by atoms with Gasteiger partial charge in [0.25, 0.3) is 0 Å². The predicted molar refractivity (Wildman–Crippen MR) is 133 cm³/mol. The Balaban J connectivity index is 1.27. The SMILES string of the molecule is CC1(C)O[C@@H]2[C@@H](CCc3ccc4cc(Cl)c(N)nc4c3)C[C@@H](n3ccc4c(Cl)ncnc43)[C@@H]2O1. The lowest BCUT2D eigenvalue weighted by molar-refractivity contribution is -0.160. The van der Waals surface area contributed by atoms with Crippen LogP contribution in [0.1, 0.15) is 38.3 Å². The number of fused-ring (bicyclic) bond motifs is 3. The van der Waals surface area contributed by atoms with Crippen LogP contribution in [-0.4, -0.2) is 37.5 Å². The zero-order valence-corrected chi connectivity index (χ0v) is 20.4. The second-order valence-corrected chi connectivity index (χ2v) is 10.4. The lowest BCUT2D eigenvalue weighted by atomic mass is 9.95. The lowest BCUT2D eigenvalue weighted by Crippen LogP contribution is -2.27. The highest BCUT2D eigenvalue weighted by molar-refractivity contribution is 6.34. The Morgan fingerprint density at radius 1 is 1.12 bits per heavy atom. The van der Waals surface area contributed by atoms with Gasteiger partial charge >= 0.3 is 0 Å². The Hall–Kier alpha value is -2.45. The number of pyridine rings is 1. The Morgan fingerprint density at radius 3 is 2.79 bits per heavy atom. The summed E-state index contributed by atoms with van der Waals surface area (Å²) >= 11 is 12.4. The van der Waals surface area contributed by atoms with Crippen LogP contribution in [0.15, 0.2) is 42.9 Å². The van der Waals surface area contributed by atoms with Crippen molar-refractivity contribution in [3.63, 3.8) is 0 Å². The maximum Gasteiger partial charge on any atom is 0.163 e. The number of nitrogen functional groups attached to an aromatic ring is 1. The zero-order chi connectivity index (χ0) is 23.6. The monoisotopic (exact) mass is 497 g/mol. The molecular formula is C25H25Cl2N5O2. The van der Waals surface area contributed by atoms with Gasteiger partial charge in [-0.25, -0.2) is 15.0 Å². The van der Waals surface area contributed by atoms with Gasteiger partial charge in [0.1, 0.15) is 29.0 Å². The molecule has 4 heterocycles. The number of nitrogens with zero attached hydrogens (tertiary/aromatic N) is 4. The second kappa shape index (κ2) is 8.05. The van der Waals surface area contributed by atoms with Crippen molar-refractivity contribution in [2.24, 2.45) is 5.92 Å². The van der Waals surface area contributed by atoms with Crippen molar-refractivity contribution in [1.82, 2.24) is 19.5 Å². The van der Waals surface area contributed by atoms with Crippen LogP contribution in [0.5, 0.6) is 0 Å². The Kier molecular flexibility index (Phi) is 5.22. The van der Waals surface area contributed by atoms with Gasteiger partial charge in [-0.3, -0.25) is 0 Å². The van der Waals surface area contributed by atoms with Crippen molar-refractivity contribution >= 4 is 51.0 Å². The molecule has 0 radical (unpaired) electrons. The number of rotatable bonds is 4. The van der Waals surface area contributed by atoms with E-state index in [2.05, 4.69) is 37.7 Å². The first-order valence-corrected chi connectivity index (χ1v) is 12.2. The molecule has 0 spiro atoms. The van der Waals surface area contributed by atoms with E-state index in [4.69, 9.17) is 38.4 Å². The third kappa shape index (κ3) is 3.71. The molecule has 176 valence electrons. The molecule has 1 saturated heterocycles. The van der Waals surface area contributed by atoms with E-state index in [1.165, 1.54) is 11.9 Å². The minimum atomic E-state index is -0.620. The largest absolute Gasteiger partial charge is 0.382 e. The number of hydrogen-bond acceptors (Lipinski definition) is 6. The molecule has 1 saturated carbocycles. The van der Waals surface area contributed by atoms with E-state index in [9.17, 15) is 0 Å². The highest BCUT2D eigenvalue weighted by Gasteiger charge is 2.54. The van der Waals surface area contributed by atoms with E-state index >= 15 is 0 Å². The van der Waals surface area contributed by atoms with E-state index in [0.717, 1.165) is 41.2 Å². The molecule has 0 bridgehead atoms.